The van der Waals surface area contributed by atoms with Gasteiger partial charge in [-0.15, -0.1) is 0 Å². The lowest BCUT2D eigenvalue weighted by atomic mass is 10.2. The van der Waals surface area contributed by atoms with E-state index < -0.39 is 5.91 Å². The molecule has 0 aliphatic rings. The molecular weight excluding hydrogens is 405 g/mol. The molecule has 7 nitrogen and oxygen atoms in total. The molecule has 2 aromatic carbocycles. The maximum Gasteiger partial charge on any atom is 0.277 e. The molecule has 2 N–H and O–H groups in total. The molecule has 2 amide bonds. The second-order valence-electron chi connectivity index (χ2n) is 5.70. The van der Waals surface area contributed by atoms with Gasteiger partial charge in [-0.1, -0.05) is 23.2 Å². The van der Waals surface area contributed by atoms with E-state index >= 15 is 0 Å². The number of hydrazone groups is 1. The van der Waals surface area contributed by atoms with Gasteiger partial charge in [-0.2, -0.15) is 5.10 Å². The molecule has 0 bridgehead atoms. The highest BCUT2D eigenvalue weighted by atomic mass is 35.5. The molecule has 2 aromatic rings. The molecule has 0 aliphatic carbocycles. The summed E-state index contributed by atoms with van der Waals surface area (Å²) in [5.41, 5.74) is 3.15. The number of anilines is 1. The predicted octanol–water partition coefficient (Wildman–Crippen LogP) is 3.90. The summed E-state index contributed by atoms with van der Waals surface area (Å²) in [6, 6.07) is 11.6. The van der Waals surface area contributed by atoms with Gasteiger partial charge in [0.1, 0.15) is 11.5 Å². The van der Waals surface area contributed by atoms with Crippen LogP contribution in [0.1, 0.15) is 13.3 Å². The Kier molecular flexibility index (Phi) is 8.10. The van der Waals surface area contributed by atoms with Crippen LogP contribution >= 0.6 is 23.2 Å². The second kappa shape index (κ2) is 10.5. The Hall–Kier alpha value is -2.77. The van der Waals surface area contributed by atoms with Gasteiger partial charge in [0.25, 0.3) is 5.91 Å². The van der Waals surface area contributed by atoms with Crippen LogP contribution in [0.3, 0.4) is 0 Å². The number of nitrogens with zero attached hydrogens (tertiary/aromatic N) is 1. The quantitative estimate of drug-likeness (QED) is 0.497. The maximum absolute atomic E-state index is 12.1. The van der Waals surface area contributed by atoms with Crippen LogP contribution in [-0.2, 0) is 9.59 Å². The number of halogens is 2. The Morgan fingerprint density at radius 2 is 1.71 bits per heavy atom. The molecule has 0 saturated carbocycles. The second-order valence-corrected chi connectivity index (χ2v) is 6.54. The van der Waals surface area contributed by atoms with Crippen molar-refractivity contribution in [3.63, 3.8) is 0 Å². The summed E-state index contributed by atoms with van der Waals surface area (Å²) < 4.78 is 10.4. The number of amides is 2. The number of hydrogen-bond donors (Lipinski definition) is 2. The van der Waals surface area contributed by atoms with Crippen molar-refractivity contribution in [1.29, 1.82) is 0 Å². The largest absolute Gasteiger partial charge is 0.497 e. The third-order valence-electron chi connectivity index (χ3n) is 3.42. The molecule has 0 spiro atoms. The number of methoxy groups -OCH3 is 1. The molecule has 148 valence electrons. The Bertz CT molecular complexity index is 870. The van der Waals surface area contributed by atoms with Crippen molar-refractivity contribution in [2.45, 2.75) is 13.3 Å². The molecule has 0 heterocycles. The summed E-state index contributed by atoms with van der Waals surface area (Å²) in [7, 11) is 1.56. The molecule has 0 saturated heterocycles. The van der Waals surface area contributed by atoms with Crippen molar-refractivity contribution in [2.75, 3.05) is 19.0 Å². The fourth-order valence-corrected chi connectivity index (χ4v) is 2.41. The van der Waals surface area contributed by atoms with E-state index in [1.807, 2.05) is 0 Å². The minimum atomic E-state index is -0.450. The molecule has 0 aromatic heterocycles. The first-order chi connectivity index (χ1) is 13.4. The van der Waals surface area contributed by atoms with Crippen LogP contribution in [0.4, 0.5) is 5.69 Å². The summed E-state index contributed by atoms with van der Waals surface area (Å²) in [6.07, 6.45) is -0.0253. The van der Waals surface area contributed by atoms with E-state index in [1.54, 1.807) is 56.5 Å². The average Bonchev–Trinajstić information content (AvgIpc) is 2.68. The Balaban J connectivity index is 1.78. The first-order valence-corrected chi connectivity index (χ1v) is 8.96. The van der Waals surface area contributed by atoms with E-state index in [9.17, 15) is 9.59 Å². The van der Waals surface area contributed by atoms with Crippen molar-refractivity contribution in [3.8, 4) is 11.5 Å². The Morgan fingerprint density at radius 1 is 1.04 bits per heavy atom. The summed E-state index contributed by atoms with van der Waals surface area (Å²) in [4.78, 5) is 23.9. The fourth-order valence-electron chi connectivity index (χ4n) is 2.07. The van der Waals surface area contributed by atoms with Gasteiger partial charge >= 0.3 is 0 Å². The van der Waals surface area contributed by atoms with Gasteiger partial charge in [0, 0.05) is 10.7 Å². The molecular formula is C19H19Cl2N3O4. The molecule has 0 aliphatic heterocycles. The lowest BCUT2D eigenvalue weighted by molar-refractivity contribution is -0.123. The number of nitrogens with one attached hydrogen (secondary N) is 2. The number of ether oxygens (including phenoxy) is 2. The van der Waals surface area contributed by atoms with Gasteiger partial charge in [0.15, 0.2) is 6.61 Å². The van der Waals surface area contributed by atoms with Gasteiger partial charge in [-0.05, 0) is 49.4 Å². The van der Waals surface area contributed by atoms with E-state index in [0.717, 1.165) is 0 Å². The van der Waals surface area contributed by atoms with Gasteiger partial charge in [-0.25, -0.2) is 5.43 Å². The highest BCUT2D eigenvalue weighted by molar-refractivity contribution is 6.35. The zero-order chi connectivity index (χ0) is 20.5. The van der Waals surface area contributed by atoms with E-state index in [1.165, 1.54) is 0 Å². The van der Waals surface area contributed by atoms with E-state index in [2.05, 4.69) is 15.8 Å². The van der Waals surface area contributed by atoms with E-state index in [4.69, 9.17) is 32.7 Å². The monoisotopic (exact) mass is 423 g/mol. The smallest absolute Gasteiger partial charge is 0.277 e. The van der Waals surface area contributed by atoms with Crippen LogP contribution in [0.25, 0.3) is 0 Å². The SMILES string of the molecule is COc1ccc(OCC(=O)N/N=C(/C)CC(=O)Nc2cc(Cl)ccc2Cl)cc1. The molecule has 28 heavy (non-hydrogen) atoms. The molecule has 9 heteroatoms. The van der Waals surface area contributed by atoms with Crippen LogP contribution in [0.2, 0.25) is 10.0 Å². The number of benzene rings is 2. The molecule has 0 unspecified atom stereocenters. The zero-order valence-electron chi connectivity index (χ0n) is 15.3. The number of carbonyl (C=O) groups excluding carboxylic acids is 2. The summed E-state index contributed by atoms with van der Waals surface area (Å²) in [5, 5.41) is 7.35. The number of hydrogen-bond acceptors (Lipinski definition) is 5. The van der Waals surface area contributed by atoms with Crippen LogP contribution in [-0.4, -0.2) is 31.2 Å². The fraction of sp³-hybridized carbons (Fsp3) is 0.211. The third kappa shape index (κ3) is 7.09. The summed E-state index contributed by atoms with van der Waals surface area (Å²) >= 11 is 11.9. The molecule has 0 fully saturated rings. The number of rotatable bonds is 8. The third-order valence-corrected chi connectivity index (χ3v) is 3.98. The molecule has 2 rings (SSSR count). The van der Waals surface area contributed by atoms with Crippen molar-refractivity contribution >= 4 is 46.4 Å². The van der Waals surface area contributed by atoms with Crippen LogP contribution < -0.4 is 20.2 Å². The van der Waals surface area contributed by atoms with Crippen molar-refractivity contribution < 1.29 is 19.1 Å². The lowest BCUT2D eigenvalue weighted by Gasteiger charge is -2.08. The lowest BCUT2D eigenvalue weighted by Crippen LogP contribution is -2.26. The van der Waals surface area contributed by atoms with E-state index in [-0.39, 0.29) is 18.9 Å². The predicted molar refractivity (Wildman–Crippen MR) is 109 cm³/mol. The van der Waals surface area contributed by atoms with Crippen molar-refractivity contribution in [3.05, 3.63) is 52.5 Å². The van der Waals surface area contributed by atoms with Gasteiger partial charge in [-0.3, -0.25) is 9.59 Å². The topological polar surface area (TPSA) is 89.0 Å². The first-order valence-electron chi connectivity index (χ1n) is 8.21. The van der Waals surface area contributed by atoms with Crippen LogP contribution in [0.15, 0.2) is 47.6 Å². The minimum Gasteiger partial charge on any atom is -0.497 e. The summed E-state index contributed by atoms with van der Waals surface area (Å²) in [5.74, 6) is 0.423. The highest BCUT2D eigenvalue weighted by Crippen LogP contribution is 2.25. The van der Waals surface area contributed by atoms with Crippen molar-refractivity contribution in [2.24, 2.45) is 5.10 Å². The zero-order valence-corrected chi connectivity index (χ0v) is 16.8. The van der Waals surface area contributed by atoms with Gasteiger partial charge in [0.05, 0.1) is 24.2 Å². The number of carbonyl (C=O) groups is 2. The Labute approximate surface area is 172 Å². The minimum absolute atomic E-state index is 0.0253. The van der Waals surface area contributed by atoms with Crippen LogP contribution in [0.5, 0.6) is 11.5 Å². The van der Waals surface area contributed by atoms with Crippen molar-refractivity contribution in [1.82, 2.24) is 5.43 Å². The maximum atomic E-state index is 12.1. The average molecular weight is 424 g/mol. The van der Waals surface area contributed by atoms with Gasteiger partial charge in [0.2, 0.25) is 5.91 Å². The Morgan fingerprint density at radius 3 is 2.39 bits per heavy atom. The molecule has 0 radical (unpaired) electrons. The van der Waals surface area contributed by atoms with Gasteiger partial charge < -0.3 is 14.8 Å². The standard InChI is InChI=1S/C19H19Cl2N3O4/c1-12(9-18(25)22-17-10-13(20)3-8-16(17)21)23-24-19(26)11-28-15-6-4-14(27-2)5-7-15/h3-8,10H,9,11H2,1-2H3,(H,22,25)(H,24,26)/b23-12-. The molecule has 0 atom stereocenters. The highest BCUT2D eigenvalue weighted by Gasteiger charge is 2.09. The van der Waals surface area contributed by atoms with E-state index in [0.29, 0.717) is 32.9 Å². The van der Waals surface area contributed by atoms with Crippen LogP contribution in [0, 0.1) is 0 Å². The first kappa shape index (κ1) is 21.5. The summed E-state index contributed by atoms with van der Waals surface area (Å²) in [6.45, 7) is 1.40. The normalized spacial score (nSPS) is 10.9.